The van der Waals surface area contributed by atoms with Crippen molar-refractivity contribution in [1.29, 1.82) is 0 Å². The molecule has 0 bridgehead atoms. The molecule has 1 unspecified atom stereocenters. The summed E-state index contributed by atoms with van der Waals surface area (Å²) in [5.74, 6) is -0.346. The van der Waals surface area contributed by atoms with E-state index in [-0.39, 0.29) is 18.5 Å². The fraction of sp³-hybridized carbons (Fsp3) is 0.538. The second kappa shape index (κ2) is 6.86. The summed E-state index contributed by atoms with van der Waals surface area (Å²) in [4.78, 5) is 0. The van der Waals surface area contributed by atoms with Gasteiger partial charge in [0.1, 0.15) is 12.4 Å². The van der Waals surface area contributed by atoms with Crippen LogP contribution in [0.1, 0.15) is 17.5 Å². The first kappa shape index (κ1) is 15.9. The van der Waals surface area contributed by atoms with E-state index >= 15 is 0 Å². The molecule has 0 saturated heterocycles. The fourth-order valence-electron chi connectivity index (χ4n) is 1.67. The molecule has 1 aromatic rings. The van der Waals surface area contributed by atoms with Gasteiger partial charge in [-0.3, -0.25) is 0 Å². The zero-order valence-corrected chi connectivity index (χ0v) is 10.6. The lowest BCUT2D eigenvalue weighted by molar-refractivity contribution is -0.174. The molecule has 1 rings (SSSR count). The minimum atomic E-state index is -4.32. The van der Waals surface area contributed by atoms with E-state index in [1.54, 1.807) is 6.07 Å². The lowest BCUT2D eigenvalue weighted by Crippen LogP contribution is -2.26. The van der Waals surface area contributed by atoms with Gasteiger partial charge in [-0.25, -0.2) is 4.39 Å². The molecule has 0 aliphatic carbocycles. The van der Waals surface area contributed by atoms with Crippen LogP contribution >= 0.6 is 0 Å². The summed E-state index contributed by atoms with van der Waals surface area (Å²) in [7, 11) is 0. The van der Waals surface area contributed by atoms with Gasteiger partial charge in [0.05, 0.1) is 0 Å². The van der Waals surface area contributed by atoms with Gasteiger partial charge in [0.15, 0.2) is 0 Å². The number of rotatable bonds is 6. The Bertz CT molecular complexity index is 406. The maximum absolute atomic E-state index is 13.0. The molecule has 19 heavy (non-hydrogen) atoms. The lowest BCUT2D eigenvalue weighted by Gasteiger charge is -2.14. The van der Waals surface area contributed by atoms with Gasteiger partial charge >= 0.3 is 6.18 Å². The number of hydrogen-bond acceptors (Lipinski definition) is 2. The van der Waals surface area contributed by atoms with Crippen molar-refractivity contribution in [2.75, 3.05) is 13.2 Å². The number of benzene rings is 1. The second-order valence-electron chi connectivity index (χ2n) is 4.49. The Morgan fingerprint density at radius 3 is 2.63 bits per heavy atom. The molecule has 1 atom stereocenters. The van der Waals surface area contributed by atoms with Crippen LogP contribution in [0, 0.1) is 12.7 Å². The molecular weight excluding hydrogens is 262 g/mol. The molecule has 0 radical (unpaired) electrons. The standard InChI is InChI=1S/C13H17F4NO/c1-9-2-3-11(14)6-10(9)7-12(18)4-5-19-8-13(15,16)17/h2-3,6,12H,4-5,7-8,18H2,1H3. The number of halogens is 4. The topological polar surface area (TPSA) is 35.2 Å². The molecule has 0 aliphatic rings. The van der Waals surface area contributed by atoms with Crippen LogP contribution in [0.3, 0.4) is 0 Å². The van der Waals surface area contributed by atoms with E-state index in [0.717, 1.165) is 11.1 Å². The van der Waals surface area contributed by atoms with Crippen LogP contribution in [0.5, 0.6) is 0 Å². The number of nitrogens with two attached hydrogens (primary N) is 1. The Morgan fingerprint density at radius 1 is 1.32 bits per heavy atom. The molecule has 0 aromatic heterocycles. The summed E-state index contributed by atoms with van der Waals surface area (Å²) in [6.45, 7) is 0.509. The van der Waals surface area contributed by atoms with Gasteiger partial charge in [0.2, 0.25) is 0 Å². The summed E-state index contributed by atoms with van der Waals surface area (Å²) < 4.78 is 53.0. The SMILES string of the molecule is Cc1ccc(F)cc1CC(N)CCOCC(F)(F)F. The quantitative estimate of drug-likeness (QED) is 0.642. The average Bonchev–Trinajstić information content (AvgIpc) is 2.28. The van der Waals surface area contributed by atoms with Crippen molar-refractivity contribution in [2.24, 2.45) is 5.73 Å². The van der Waals surface area contributed by atoms with Crippen LogP contribution in [0.4, 0.5) is 17.6 Å². The summed E-state index contributed by atoms with van der Waals surface area (Å²) >= 11 is 0. The van der Waals surface area contributed by atoms with Crippen LogP contribution in [-0.4, -0.2) is 25.4 Å². The van der Waals surface area contributed by atoms with E-state index in [9.17, 15) is 17.6 Å². The fourth-order valence-corrected chi connectivity index (χ4v) is 1.67. The van der Waals surface area contributed by atoms with E-state index < -0.39 is 12.8 Å². The van der Waals surface area contributed by atoms with Gasteiger partial charge in [-0.1, -0.05) is 6.07 Å². The summed E-state index contributed by atoms with van der Waals surface area (Å²) in [5, 5.41) is 0. The van der Waals surface area contributed by atoms with E-state index in [2.05, 4.69) is 4.74 Å². The van der Waals surface area contributed by atoms with Crippen molar-refractivity contribution in [3.8, 4) is 0 Å². The number of ether oxygens (including phenoxy) is 1. The zero-order chi connectivity index (χ0) is 14.5. The highest BCUT2D eigenvalue weighted by Gasteiger charge is 2.27. The first-order chi connectivity index (χ1) is 8.78. The van der Waals surface area contributed by atoms with E-state index in [1.807, 2.05) is 6.92 Å². The van der Waals surface area contributed by atoms with Crippen LogP contribution < -0.4 is 5.73 Å². The van der Waals surface area contributed by atoms with E-state index in [4.69, 9.17) is 5.73 Å². The molecule has 1 aromatic carbocycles. The van der Waals surface area contributed by atoms with Gasteiger partial charge in [0, 0.05) is 12.6 Å². The molecule has 6 heteroatoms. The highest BCUT2D eigenvalue weighted by atomic mass is 19.4. The van der Waals surface area contributed by atoms with Crippen LogP contribution in [0.15, 0.2) is 18.2 Å². The number of alkyl halides is 3. The Morgan fingerprint density at radius 2 is 2.00 bits per heavy atom. The number of aryl methyl sites for hydroxylation is 1. The van der Waals surface area contributed by atoms with Gasteiger partial charge in [0.25, 0.3) is 0 Å². The second-order valence-corrected chi connectivity index (χ2v) is 4.49. The first-order valence-corrected chi connectivity index (χ1v) is 5.93. The summed E-state index contributed by atoms with van der Waals surface area (Å²) in [5.41, 5.74) is 7.47. The Hall–Kier alpha value is -1.14. The third-order valence-electron chi connectivity index (χ3n) is 2.69. The van der Waals surface area contributed by atoms with Crippen molar-refractivity contribution in [3.63, 3.8) is 0 Å². The molecule has 2 N–H and O–H groups in total. The molecule has 0 spiro atoms. The Labute approximate surface area is 109 Å². The molecule has 0 heterocycles. The van der Waals surface area contributed by atoms with Crippen LogP contribution in [0.2, 0.25) is 0 Å². The smallest absolute Gasteiger partial charge is 0.372 e. The number of hydrogen-bond donors (Lipinski definition) is 1. The van der Waals surface area contributed by atoms with Gasteiger partial charge in [-0.15, -0.1) is 0 Å². The summed E-state index contributed by atoms with van der Waals surface area (Å²) in [6, 6.07) is 4.05. The molecule has 0 amide bonds. The average molecular weight is 279 g/mol. The maximum Gasteiger partial charge on any atom is 0.411 e. The van der Waals surface area contributed by atoms with Crippen molar-refractivity contribution in [2.45, 2.75) is 32.0 Å². The Balaban J connectivity index is 2.35. The highest BCUT2D eigenvalue weighted by molar-refractivity contribution is 5.27. The highest BCUT2D eigenvalue weighted by Crippen LogP contribution is 2.15. The van der Waals surface area contributed by atoms with Gasteiger partial charge < -0.3 is 10.5 Å². The van der Waals surface area contributed by atoms with Crippen LogP contribution in [-0.2, 0) is 11.2 Å². The Kier molecular flexibility index (Phi) is 5.75. The maximum atomic E-state index is 13.0. The van der Waals surface area contributed by atoms with Gasteiger partial charge in [-0.05, 0) is 43.0 Å². The third-order valence-corrected chi connectivity index (χ3v) is 2.69. The van der Waals surface area contributed by atoms with Crippen molar-refractivity contribution < 1.29 is 22.3 Å². The monoisotopic (exact) mass is 279 g/mol. The largest absolute Gasteiger partial charge is 0.411 e. The normalized spacial score (nSPS) is 13.6. The predicted molar refractivity (Wildman–Crippen MR) is 64.3 cm³/mol. The van der Waals surface area contributed by atoms with Crippen LogP contribution in [0.25, 0.3) is 0 Å². The van der Waals surface area contributed by atoms with Crippen molar-refractivity contribution in [3.05, 3.63) is 35.1 Å². The molecule has 108 valence electrons. The van der Waals surface area contributed by atoms with E-state index in [0.29, 0.717) is 12.8 Å². The van der Waals surface area contributed by atoms with Crippen molar-refractivity contribution >= 4 is 0 Å². The molecule has 2 nitrogen and oxygen atoms in total. The molecule has 0 saturated carbocycles. The molecule has 0 fully saturated rings. The summed E-state index contributed by atoms with van der Waals surface area (Å²) in [6.07, 6.45) is -3.60. The van der Waals surface area contributed by atoms with Gasteiger partial charge in [-0.2, -0.15) is 13.2 Å². The first-order valence-electron chi connectivity index (χ1n) is 5.93. The third kappa shape index (κ3) is 6.54. The lowest BCUT2D eigenvalue weighted by atomic mass is 10.00. The van der Waals surface area contributed by atoms with E-state index in [1.165, 1.54) is 12.1 Å². The molecular formula is C13H17F4NO. The van der Waals surface area contributed by atoms with Crippen molar-refractivity contribution in [1.82, 2.24) is 0 Å². The minimum absolute atomic E-state index is 0.0605. The minimum Gasteiger partial charge on any atom is -0.372 e. The predicted octanol–water partition coefficient (Wildman–Crippen LogP) is 2.97. The molecule has 0 aliphatic heterocycles. The zero-order valence-electron chi connectivity index (χ0n) is 10.6.